The number of halogens is 1. The average molecular weight is 366 g/mol. The Balaban J connectivity index is 1.35. The Bertz CT molecular complexity index is 960. The highest BCUT2D eigenvalue weighted by molar-refractivity contribution is 5.89. The fourth-order valence-corrected chi connectivity index (χ4v) is 3.67. The van der Waals surface area contributed by atoms with Crippen LogP contribution in [-0.4, -0.2) is 46.6 Å². The fourth-order valence-electron chi connectivity index (χ4n) is 3.67. The van der Waals surface area contributed by atoms with Crippen LogP contribution in [0.15, 0.2) is 54.7 Å². The number of amides is 2. The van der Waals surface area contributed by atoms with Crippen LogP contribution in [0.3, 0.4) is 0 Å². The summed E-state index contributed by atoms with van der Waals surface area (Å²) in [5.41, 5.74) is 3.03. The van der Waals surface area contributed by atoms with E-state index in [1.807, 2.05) is 0 Å². The zero-order valence-corrected chi connectivity index (χ0v) is 15.4. The first-order chi connectivity index (χ1) is 13.1. The lowest BCUT2D eigenvalue weighted by Gasteiger charge is -2.34. The van der Waals surface area contributed by atoms with Gasteiger partial charge in [0, 0.05) is 62.6 Å². The maximum absolute atomic E-state index is 13.3. The fraction of sp³-hybridized carbons (Fsp3) is 0.286. The maximum atomic E-state index is 13.3. The number of nitrogens with zero attached hydrogens (tertiary/aromatic N) is 3. The highest BCUT2D eigenvalue weighted by atomic mass is 19.1. The molecule has 2 amide bonds. The topological polar surface area (TPSA) is 40.5 Å². The molecule has 1 N–H and O–H groups in total. The summed E-state index contributed by atoms with van der Waals surface area (Å²) in [6, 6.07) is 14.2. The standard InChI is InChI=1S/C21H23FN4O/c1-24-14-16(19-7-2-3-8-20(19)24)15-25-9-11-26(12-10-25)21(27)23-18-6-4-5-17(22)13-18/h2-8,13-14H,9-12,15H2,1H3,(H,23,27). The van der Waals surface area contributed by atoms with Crippen molar-refractivity contribution >= 4 is 22.6 Å². The summed E-state index contributed by atoms with van der Waals surface area (Å²) in [5, 5.41) is 4.05. The number of piperazine rings is 1. The Kier molecular flexibility index (Phi) is 4.81. The van der Waals surface area contributed by atoms with Crippen LogP contribution in [0, 0.1) is 5.82 Å². The number of fused-ring (bicyclic) bond motifs is 1. The molecule has 0 saturated carbocycles. The van der Waals surface area contributed by atoms with Crippen molar-refractivity contribution in [2.24, 2.45) is 7.05 Å². The van der Waals surface area contributed by atoms with Crippen molar-refractivity contribution in [3.8, 4) is 0 Å². The highest BCUT2D eigenvalue weighted by Gasteiger charge is 2.22. The molecule has 1 aromatic heterocycles. The van der Waals surface area contributed by atoms with Crippen molar-refractivity contribution in [2.45, 2.75) is 6.54 Å². The van der Waals surface area contributed by atoms with Gasteiger partial charge in [0.15, 0.2) is 0 Å². The number of hydrogen-bond donors (Lipinski definition) is 1. The molecule has 1 fully saturated rings. The van der Waals surface area contributed by atoms with Crippen LogP contribution in [0.5, 0.6) is 0 Å². The van der Waals surface area contributed by atoms with Gasteiger partial charge in [-0.15, -0.1) is 0 Å². The lowest BCUT2D eigenvalue weighted by atomic mass is 10.1. The number of urea groups is 1. The number of carbonyl (C=O) groups excluding carboxylic acids is 1. The predicted octanol–water partition coefficient (Wildman–Crippen LogP) is 3.67. The van der Waals surface area contributed by atoms with E-state index in [4.69, 9.17) is 0 Å². The molecule has 1 aliphatic heterocycles. The lowest BCUT2D eigenvalue weighted by molar-refractivity contribution is 0.143. The van der Waals surface area contributed by atoms with Crippen LogP contribution in [0.1, 0.15) is 5.56 Å². The number of rotatable bonds is 3. The number of nitrogens with one attached hydrogen (secondary N) is 1. The van der Waals surface area contributed by atoms with E-state index in [1.54, 1.807) is 17.0 Å². The average Bonchev–Trinajstić information content (AvgIpc) is 2.98. The number of para-hydroxylation sites is 1. The van der Waals surface area contributed by atoms with Gasteiger partial charge in [-0.2, -0.15) is 0 Å². The van der Waals surface area contributed by atoms with Crippen LogP contribution in [0.4, 0.5) is 14.9 Å². The molecule has 4 rings (SSSR count). The van der Waals surface area contributed by atoms with Crippen molar-refractivity contribution in [2.75, 3.05) is 31.5 Å². The molecule has 0 spiro atoms. The molecule has 0 bridgehead atoms. The van der Waals surface area contributed by atoms with Gasteiger partial charge in [-0.05, 0) is 29.8 Å². The molecule has 0 unspecified atom stereocenters. The first-order valence-corrected chi connectivity index (χ1v) is 9.17. The number of aryl methyl sites for hydroxylation is 1. The normalized spacial score (nSPS) is 15.3. The number of hydrogen-bond acceptors (Lipinski definition) is 2. The van der Waals surface area contributed by atoms with E-state index in [1.165, 1.54) is 28.6 Å². The van der Waals surface area contributed by atoms with E-state index in [2.05, 4.69) is 52.3 Å². The third-order valence-corrected chi connectivity index (χ3v) is 5.11. The van der Waals surface area contributed by atoms with Crippen LogP contribution in [0.2, 0.25) is 0 Å². The molecule has 2 heterocycles. The van der Waals surface area contributed by atoms with E-state index in [9.17, 15) is 9.18 Å². The van der Waals surface area contributed by atoms with Crippen molar-refractivity contribution < 1.29 is 9.18 Å². The molecule has 3 aromatic rings. The summed E-state index contributed by atoms with van der Waals surface area (Å²) in [7, 11) is 2.07. The Labute approximate surface area is 158 Å². The summed E-state index contributed by atoms with van der Waals surface area (Å²) in [6.45, 7) is 3.83. The third-order valence-electron chi connectivity index (χ3n) is 5.11. The molecule has 0 aliphatic carbocycles. The van der Waals surface area contributed by atoms with Crippen LogP contribution in [-0.2, 0) is 13.6 Å². The van der Waals surface area contributed by atoms with Crippen LogP contribution < -0.4 is 5.32 Å². The monoisotopic (exact) mass is 366 g/mol. The molecule has 0 radical (unpaired) electrons. The Morgan fingerprint density at radius 1 is 1.07 bits per heavy atom. The van der Waals surface area contributed by atoms with Crippen molar-refractivity contribution in [3.05, 3.63) is 66.1 Å². The first-order valence-electron chi connectivity index (χ1n) is 9.17. The number of anilines is 1. The van der Waals surface area contributed by atoms with Gasteiger partial charge in [0.1, 0.15) is 5.82 Å². The quantitative estimate of drug-likeness (QED) is 0.768. The number of aromatic nitrogens is 1. The second-order valence-electron chi connectivity index (χ2n) is 6.99. The van der Waals surface area contributed by atoms with Gasteiger partial charge in [-0.25, -0.2) is 9.18 Å². The molecule has 6 heteroatoms. The van der Waals surface area contributed by atoms with Gasteiger partial charge in [-0.3, -0.25) is 4.90 Å². The molecule has 1 aliphatic rings. The molecular weight excluding hydrogens is 343 g/mol. The second kappa shape index (κ2) is 7.40. The summed E-state index contributed by atoms with van der Waals surface area (Å²) in [6.07, 6.45) is 2.19. The molecule has 140 valence electrons. The highest BCUT2D eigenvalue weighted by Crippen LogP contribution is 2.22. The van der Waals surface area contributed by atoms with Gasteiger partial charge in [0.05, 0.1) is 0 Å². The minimum Gasteiger partial charge on any atom is -0.350 e. The summed E-state index contributed by atoms with van der Waals surface area (Å²) < 4.78 is 15.4. The summed E-state index contributed by atoms with van der Waals surface area (Å²) in [5.74, 6) is -0.354. The van der Waals surface area contributed by atoms with Crippen molar-refractivity contribution in [1.29, 1.82) is 0 Å². The molecular formula is C21H23FN4O. The van der Waals surface area contributed by atoms with Gasteiger partial charge >= 0.3 is 6.03 Å². The third kappa shape index (κ3) is 3.80. The molecule has 5 nitrogen and oxygen atoms in total. The number of benzene rings is 2. The van der Waals surface area contributed by atoms with E-state index >= 15 is 0 Å². The zero-order valence-electron chi connectivity index (χ0n) is 15.4. The molecule has 2 aromatic carbocycles. The number of carbonyl (C=O) groups is 1. The van der Waals surface area contributed by atoms with Crippen LogP contribution in [0.25, 0.3) is 10.9 Å². The van der Waals surface area contributed by atoms with Crippen molar-refractivity contribution in [3.63, 3.8) is 0 Å². The van der Waals surface area contributed by atoms with E-state index in [0.717, 1.165) is 19.6 Å². The van der Waals surface area contributed by atoms with E-state index < -0.39 is 0 Å². The van der Waals surface area contributed by atoms with Gasteiger partial charge in [-0.1, -0.05) is 24.3 Å². The Hall–Kier alpha value is -2.86. The Morgan fingerprint density at radius 3 is 2.63 bits per heavy atom. The molecule has 0 atom stereocenters. The van der Waals surface area contributed by atoms with Gasteiger partial charge in [0.2, 0.25) is 0 Å². The van der Waals surface area contributed by atoms with E-state index in [-0.39, 0.29) is 11.8 Å². The minimum atomic E-state index is -0.354. The molecule has 27 heavy (non-hydrogen) atoms. The maximum Gasteiger partial charge on any atom is 0.321 e. The van der Waals surface area contributed by atoms with Gasteiger partial charge < -0.3 is 14.8 Å². The SMILES string of the molecule is Cn1cc(CN2CCN(C(=O)Nc3cccc(F)c3)CC2)c2ccccc21. The molecule has 1 saturated heterocycles. The summed E-state index contributed by atoms with van der Waals surface area (Å²) >= 11 is 0. The van der Waals surface area contributed by atoms with Gasteiger partial charge in [0.25, 0.3) is 0 Å². The van der Waals surface area contributed by atoms with Crippen LogP contribution >= 0.6 is 0 Å². The lowest BCUT2D eigenvalue weighted by Crippen LogP contribution is -2.49. The largest absolute Gasteiger partial charge is 0.350 e. The second-order valence-corrected chi connectivity index (χ2v) is 6.99. The predicted molar refractivity (Wildman–Crippen MR) is 105 cm³/mol. The summed E-state index contributed by atoms with van der Waals surface area (Å²) in [4.78, 5) is 16.5. The minimum absolute atomic E-state index is 0.176. The smallest absolute Gasteiger partial charge is 0.321 e. The van der Waals surface area contributed by atoms with E-state index in [0.29, 0.717) is 18.8 Å². The first kappa shape index (κ1) is 17.5. The van der Waals surface area contributed by atoms with Crippen molar-refractivity contribution in [1.82, 2.24) is 14.4 Å². The Morgan fingerprint density at radius 2 is 1.85 bits per heavy atom. The zero-order chi connectivity index (χ0) is 18.8.